The molecule has 0 aliphatic carbocycles. The van der Waals surface area contributed by atoms with Crippen molar-refractivity contribution in [3.63, 3.8) is 0 Å². The highest BCUT2D eigenvalue weighted by Gasteiger charge is 2.43. The molecule has 2 aliphatic heterocycles. The second kappa shape index (κ2) is 8.30. The van der Waals surface area contributed by atoms with Crippen molar-refractivity contribution >= 4 is 46.1 Å². The van der Waals surface area contributed by atoms with Gasteiger partial charge < -0.3 is 14.2 Å². The second-order valence-corrected chi connectivity index (χ2v) is 9.41. The molecule has 166 valence electrons. The van der Waals surface area contributed by atoms with Crippen LogP contribution in [0.5, 0.6) is 0 Å². The predicted molar refractivity (Wildman–Crippen MR) is 121 cm³/mol. The van der Waals surface area contributed by atoms with Crippen molar-refractivity contribution < 1.29 is 14.0 Å². The second-order valence-electron chi connectivity index (χ2n) is 8.53. The van der Waals surface area contributed by atoms with Gasteiger partial charge in [0.2, 0.25) is 5.91 Å². The number of amides is 2. The van der Waals surface area contributed by atoms with Crippen LogP contribution >= 0.6 is 23.2 Å². The zero-order valence-corrected chi connectivity index (χ0v) is 18.7. The van der Waals surface area contributed by atoms with Crippen LogP contribution in [0, 0.1) is 11.8 Å². The van der Waals surface area contributed by atoms with Crippen molar-refractivity contribution in [2.24, 2.45) is 11.8 Å². The Morgan fingerprint density at radius 2 is 1.62 bits per heavy atom. The fraction of sp³-hybridized carbons (Fsp3) is 0.348. The molecule has 1 aromatic heterocycles. The van der Waals surface area contributed by atoms with Crippen molar-refractivity contribution in [2.45, 2.75) is 12.8 Å². The number of likely N-dealkylation sites (tertiary alicyclic amines) is 2. The van der Waals surface area contributed by atoms with Gasteiger partial charge in [-0.3, -0.25) is 14.6 Å². The Hall–Kier alpha value is -2.77. The number of benzene rings is 2. The van der Waals surface area contributed by atoms with E-state index in [4.69, 9.17) is 27.6 Å². The Kier molecular flexibility index (Phi) is 5.47. The molecule has 2 amide bonds. The van der Waals surface area contributed by atoms with Gasteiger partial charge in [-0.1, -0.05) is 23.2 Å². The van der Waals surface area contributed by atoms with E-state index in [0.29, 0.717) is 65.7 Å². The standard InChI is InChI=1S/C23H21Cl2N3O4/c24-17-5-13(6-18(25)8-17)1-4-21(29)27-9-15-11-28(12-16(15)10-27)22(30)14-2-3-19-20(7-14)32-23(31)26-19/h2-3,5-8,15-16H,1,4,9-12H2,(H,26,31)/t15-,16+. The number of aryl methyl sites for hydroxylation is 1. The molecule has 9 heteroatoms. The average molecular weight is 474 g/mol. The minimum Gasteiger partial charge on any atom is -0.408 e. The van der Waals surface area contributed by atoms with E-state index < -0.39 is 5.76 Å². The largest absolute Gasteiger partial charge is 0.417 e. The molecule has 3 aromatic rings. The third-order valence-electron chi connectivity index (χ3n) is 6.34. The SMILES string of the molecule is O=C(CCc1cc(Cl)cc(Cl)c1)N1C[C@@H]2CN(C(=O)c3ccc4[nH]c(=O)oc4c3)C[C@@H]2C1. The molecule has 2 fully saturated rings. The maximum Gasteiger partial charge on any atom is 0.417 e. The number of rotatable bonds is 4. The molecule has 0 bridgehead atoms. The number of hydrogen-bond acceptors (Lipinski definition) is 4. The third kappa shape index (κ3) is 4.14. The lowest BCUT2D eigenvalue weighted by Crippen LogP contribution is -2.35. The lowest BCUT2D eigenvalue weighted by Gasteiger charge is -2.22. The number of carbonyl (C=O) groups excluding carboxylic acids is 2. The Labute approximate surface area is 193 Å². The molecule has 2 aromatic carbocycles. The van der Waals surface area contributed by atoms with Crippen LogP contribution in [0.25, 0.3) is 11.1 Å². The highest BCUT2D eigenvalue weighted by atomic mass is 35.5. The molecule has 0 saturated carbocycles. The van der Waals surface area contributed by atoms with Gasteiger partial charge in [-0.25, -0.2) is 4.79 Å². The van der Waals surface area contributed by atoms with E-state index >= 15 is 0 Å². The summed E-state index contributed by atoms with van der Waals surface area (Å²) in [5.74, 6) is 0.0422. The van der Waals surface area contributed by atoms with E-state index in [1.807, 2.05) is 21.9 Å². The predicted octanol–water partition coefficient (Wildman–Crippen LogP) is 3.59. The molecule has 7 nitrogen and oxygen atoms in total. The van der Waals surface area contributed by atoms with Gasteiger partial charge >= 0.3 is 5.76 Å². The topological polar surface area (TPSA) is 86.6 Å². The van der Waals surface area contributed by atoms with Gasteiger partial charge in [0.05, 0.1) is 5.52 Å². The summed E-state index contributed by atoms with van der Waals surface area (Å²) in [6.07, 6.45) is 0.994. The first-order valence-electron chi connectivity index (χ1n) is 10.5. The van der Waals surface area contributed by atoms with Gasteiger partial charge in [0.1, 0.15) is 0 Å². The van der Waals surface area contributed by atoms with E-state index in [1.54, 1.807) is 24.3 Å². The van der Waals surface area contributed by atoms with E-state index in [2.05, 4.69) is 4.98 Å². The maximum atomic E-state index is 13.0. The summed E-state index contributed by atoms with van der Waals surface area (Å²) < 4.78 is 5.06. The van der Waals surface area contributed by atoms with Crippen molar-refractivity contribution in [1.29, 1.82) is 0 Å². The number of aromatic amines is 1. The van der Waals surface area contributed by atoms with E-state index in [0.717, 1.165) is 5.56 Å². The number of hydrogen-bond donors (Lipinski definition) is 1. The molecule has 0 unspecified atom stereocenters. The molecule has 2 atom stereocenters. The Morgan fingerprint density at radius 1 is 0.969 bits per heavy atom. The van der Waals surface area contributed by atoms with Crippen molar-refractivity contribution in [2.75, 3.05) is 26.2 Å². The monoisotopic (exact) mass is 473 g/mol. The molecular formula is C23H21Cl2N3O4. The zero-order valence-electron chi connectivity index (χ0n) is 17.1. The normalized spacial score (nSPS) is 20.2. The van der Waals surface area contributed by atoms with Crippen LogP contribution < -0.4 is 5.76 Å². The lowest BCUT2D eigenvalue weighted by atomic mass is 10.0. The van der Waals surface area contributed by atoms with Gasteiger partial charge in [-0.2, -0.15) is 0 Å². The molecule has 32 heavy (non-hydrogen) atoms. The maximum absolute atomic E-state index is 13.0. The zero-order chi connectivity index (χ0) is 22.4. The van der Waals surface area contributed by atoms with Gasteiger partial charge in [-0.15, -0.1) is 0 Å². The van der Waals surface area contributed by atoms with Gasteiger partial charge in [0.15, 0.2) is 5.58 Å². The van der Waals surface area contributed by atoms with Crippen molar-refractivity contribution in [3.05, 3.63) is 68.1 Å². The molecule has 2 aliphatic rings. The Morgan fingerprint density at radius 3 is 2.31 bits per heavy atom. The highest BCUT2D eigenvalue weighted by Crippen LogP contribution is 2.32. The number of oxazole rings is 1. The van der Waals surface area contributed by atoms with Crippen LogP contribution in [0.15, 0.2) is 45.6 Å². The van der Waals surface area contributed by atoms with E-state index in [1.165, 1.54) is 0 Å². The van der Waals surface area contributed by atoms with Crippen LogP contribution in [0.2, 0.25) is 10.0 Å². The lowest BCUT2D eigenvalue weighted by molar-refractivity contribution is -0.130. The Bertz CT molecular complexity index is 1230. The first-order chi connectivity index (χ1) is 15.4. The quantitative estimate of drug-likeness (QED) is 0.626. The number of halogens is 2. The summed E-state index contributed by atoms with van der Waals surface area (Å²) >= 11 is 12.1. The molecule has 2 saturated heterocycles. The number of aromatic nitrogens is 1. The summed E-state index contributed by atoms with van der Waals surface area (Å²) in [5, 5.41) is 1.14. The molecule has 5 rings (SSSR count). The third-order valence-corrected chi connectivity index (χ3v) is 6.78. The van der Waals surface area contributed by atoms with E-state index in [9.17, 15) is 14.4 Å². The summed E-state index contributed by atoms with van der Waals surface area (Å²) in [6.45, 7) is 2.56. The minimum atomic E-state index is -0.538. The smallest absolute Gasteiger partial charge is 0.408 e. The molecule has 0 radical (unpaired) electrons. The van der Waals surface area contributed by atoms with Crippen molar-refractivity contribution in [1.82, 2.24) is 14.8 Å². The molecule has 3 heterocycles. The summed E-state index contributed by atoms with van der Waals surface area (Å²) in [5.41, 5.74) is 2.38. The number of H-pyrrole nitrogens is 1. The molecule has 1 N–H and O–H groups in total. The van der Waals surface area contributed by atoms with Gasteiger partial charge in [-0.05, 0) is 48.4 Å². The van der Waals surface area contributed by atoms with Crippen LogP contribution in [-0.4, -0.2) is 52.8 Å². The minimum absolute atomic E-state index is 0.0825. The van der Waals surface area contributed by atoms with Crippen LogP contribution in [0.4, 0.5) is 0 Å². The summed E-state index contributed by atoms with van der Waals surface area (Å²) in [4.78, 5) is 43.3. The van der Waals surface area contributed by atoms with Crippen molar-refractivity contribution in [3.8, 4) is 0 Å². The Balaban J connectivity index is 1.17. The molecular weight excluding hydrogens is 453 g/mol. The number of fused-ring (bicyclic) bond motifs is 2. The van der Waals surface area contributed by atoms with Gasteiger partial charge in [0, 0.05) is 60.0 Å². The summed E-state index contributed by atoms with van der Waals surface area (Å²) in [7, 11) is 0. The average Bonchev–Trinajstić information content (AvgIpc) is 3.42. The van der Waals surface area contributed by atoms with Crippen LogP contribution in [-0.2, 0) is 11.2 Å². The van der Waals surface area contributed by atoms with Crippen LogP contribution in [0.3, 0.4) is 0 Å². The van der Waals surface area contributed by atoms with Gasteiger partial charge in [0.25, 0.3) is 5.91 Å². The first kappa shape index (κ1) is 21.1. The van der Waals surface area contributed by atoms with Crippen LogP contribution in [0.1, 0.15) is 22.3 Å². The highest BCUT2D eigenvalue weighted by molar-refractivity contribution is 6.34. The fourth-order valence-corrected chi connectivity index (χ4v) is 5.36. The number of nitrogens with one attached hydrogen (secondary N) is 1. The van der Waals surface area contributed by atoms with E-state index in [-0.39, 0.29) is 23.7 Å². The first-order valence-corrected chi connectivity index (χ1v) is 11.3. The number of nitrogens with zero attached hydrogens (tertiary/aromatic N) is 2. The summed E-state index contributed by atoms with van der Waals surface area (Å²) in [6, 6.07) is 10.3. The number of carbonyl (C=O) groups is 2. The fourth-order valence-electron chi connectivity index (χ4n) is 4.79. The molecule has 0 spiro atoms.